The van der Waals surface area contributed by atoms with Gasteiger partial charge in [0.05, 0.1) is 10.6 Å². The Morgan fingerprint density at radius 2 is 1.88 bits per heavy atom. The number of hydrogen-bond donors (Lipinski definition) is 2. The standard InChI is InChI=1S/C26H42ClN3O.CH4/c1-3-30(4-2)17-16-28-15-7-10-21-11-12-24(27)23(18-21)25(31)29-20-26-13-5-8-22(19-26)9-6-14-26;/h11-12,18,22,28H,3-10,13-17,19-20H2,1-2H3,(H,29,31);1H4. The summed E-state index contributed by atoms with van der Waals surface area (Å²) in [5.41, 5.74) is 2.15. The lowest BCUT2D eigenvalue weighted by Gasteiger charge is -2.45. The van der Waals surface area contributed by atoms with Crippen molar-refractivity contribution in [1.29, 1.82) is 0 Å². The number of fused-ring (bicyclic) bond motifs is 2. The molecule has 3 rings (SSSR count). The Bertz CT molecular complexity index is 694. The number of nitrogens with zero attached hydrogens (tertiary/aromatic N) is 1. The van der Waals surface area contributed by atoms with Crippen LogP contribution in [0.15, 0.2) is 18.2 Å². The molecule has 1 aromatic rings. The molecule has 2 N–H and O–H groups in total. The Morgan fingerprint density at radius 3 is 2.56 bits per heavy atom. The van der Waals surface area contributed by atoms with E-state index >= 15 is 0 Å². The molecule has 0 spiro atoms. The van der Waals surface area contributed by atoms with Crippen molar-refractivity contribution in [3.63, 3.8) is 0 Å². The molecule has 32 heavy (non-hydrogen) atoms. The van der Waals surface area contributed by atoms with E-state index in [0.717, 1.165) is 58.0 Å². The minimum atomic E-state index is -0.00808. The number of hydrogen-bond acceptors (Lipinski definition) is 3. The van der Waals surface area contributed by atoms with Crippen LogP contribution in [0.3, 0.4) is 0 Å². The number of carbonyl (C=O) groups is 1. The second-order valence-electron chi connectivity index (χ2n) is 9.73. The Kier molecular flexibility index (Phi) is 11.5. The highest BCUT2D eigenvalue weighted by Gasteiger charge is 2.39. The molecule has 2 aliphatic rings. The molecule has 0 aromatic heterocycles. The van der Waals surface area contributed by atoms with Gasteiger partial charge in [-0.3, -0.25) is 4.79 Å². The predicted octanol–water partition coefficient (Wildman–Crippen LogP) is 5.93. The lowest BCUT2D eigenvalue weighted by atomic mass is 9.62. The Hall–Kier alpha value is -1.10. The zero-order valence-electron chi connectivity index (χ0n) is 19.6. The summed E-state index contributed by atoms with van der Waals surface area (Å²) < 4.78 is 0. The molecule has 2 bridgehead atoms. The van der Waals surface area contributed by atoms with Crippen molar-refractivity contribution in [3.05, 3.63) is 34.3 Å². The summed E-state index contributed by atoms with van der Waals surface area (Å²) in [5, 5.41) is 7.34. The van der Waals surface area contributed by atoms with Crippen LogP contribution in [0.4, 0.5) is 0 Å². The Balaban J connectivity index is 0.00000363. The van der Waals surface area contributed by atoms with Crippen molar-refractivity contribution >= 4 is 17.5 Å². The van der Waals surface area contributed by atoms with E-state index in [4.69, 9.17) is 11.6 Å². The predicted molar refractivity (Wildman–Crippen MR) is 138 cm³/mol. The molecule has 182 valence electrons. The van der Waals surface area contributed by atoms with E-state index in [1.165, 1.54) is 50.5 Å². The monoisotopic (exact) mass is 463 g/mol. The van der Waals surface area contributed by atoms with Gasteiger partial charge in [0, 0.05) is 19.6 Å². The van der Waals surface area contributed by atoms with Crippen molar-refractivity contribution in [2.45, 2.75) is 79.1 Å². The molecule has 0 unspecified atom stereocenters. The quantitative estimate of drug-likeness (QED) is 0.377. The molecule has 0 heterocycles. The summed E-state index contributed by atoms with van der Waals surface area (Å²) in [5.74, 6) is 0.873. The molecule has 0 aliphatic heterocycles. The van der Waals surface area contributed by atoms with E-state index in [-0.39, 0.29) is 13.3 Å². The van der Waals surface area contributed by atoms with Gasteiger partial charge in [-0.15, -0.1) is 0 Å². The fourth-order valence-corrected chi connectivity index (χ4v) is 5.86. The van der Waals surface area contributed by atoms with Crippen molar-refractivity contribution in [1.82, 2.24) is 15.5 Å². The molecule has 2 aliphatic carbocycles. The van der Waals surface area contributed by atoms with Gasteiger partial charge < -0.3 is 15.5 Å². The molecular weight excluding hydrogens is 418 g/mol. The van der Waals surface area contributed by atoms with Gasteiger partial charge in [0.2, 0.25) is 0 Å². The zero-order valence-corrected chi connectivity index (χ0v) is 20.4. The highest BCUT2D eigenvalue weighted by Crippen LogP contribution is 2.48. The zero-order chi connectivity index (χ0) is 22.1. The smallest absolute Gasteiger partial charge is 0.252 e. The second-order valence-corrected chi connectivity index (χ2v) is 10.1. The summed E-state index contributed by atoms with van der Waals surface area (Å²) in [7, 11) is 0. The van der Waals surface area contributed by atoms with Crippen LogP contribution >= 0.6 is 11.6 Å². The van der Waals surface area contributed by atoms with Crippen LogP contribution in [-0.4, -0.2) is 50.1 Å². The van der Waals surface area contributed by atoms with Crippen LogP contribution in [0, 0.1) is 11.3 Å². The normalized spacial score (nSPS) is 22.4. The van der Waals surface area contributed by atoms with E-state index < -0.39 is 0 Å². The molecule has 5 heteroatoms. The molecule has 0 saturated heterocycles. The molecule has 2 fully saturated rings. The Labute approximate surface area is 201 Å². The van der Waals surface area contributed by atoms with Crippen LogP contribution in [0.25, 0.3) is 0 Å². The maximum atomic E-state index is 12.9. The lowest BCUT2D eigenvalue weighted by Crippen LogP contribution is -2.43. The molecule has 1 aromatic carbocycles. The van der Waals surface area contributed by atoms with Gasteiger partial charge in [0.15, 0.2) is 0 Å². The maximum absolute atomic E-state index is 12.9. The average molecular weight is 464 g/mol. The van der Waals surface area contributed by atoms with Gasteiger partial charge in [0.1, 0.15) is 0 Å². The molecule has 0 radical (unpaired) electrons. The fraction of sp³-hybridized carbons (Fsp3) is 0.741. The number of amides is 1. The highest BCUT2D eigenvalue weighted by atomic mass is 35.5. The SMILES string of the molecule is C.CCN(CC)CCNCCCc1ccc(Cl)c(C(=O)NCC23CCCC(CCC2)C3)c1. The van der Waals surface area contributed by atoms with E-state index in [9.17, 15) is 4.79 Å². The minimum Gasteiger partial charge on any atom is -0.351 e. The first-order chi connectivity index (χ1) is 15.0. The molecule has 1 amide bonds. The van der Waals surface area contributed by atoms with E-state index in [0.29, 0.717) is 16.0 Å². The number of nitrogens with one attached hydrogen (secondary N) is 2. The van der Waals surface area contributed by atoms with Crippen LogP contribution in [0.5, 0.6) is 0 Å². The van der Waals surface area contributed by atoms with Crippen molar-refractivity contribution in [3.8, 4) is 0 Å². The van der Waals surface area contributed by atoms with Gasteiger partial charge in [0.25, 0.3) is 5.91 Å². The average Bonchev–Trinajstić information content (AvgIpc) is 2.78. The van der Waals surface area contributed by atoms with Gasteiger partial charge in [-0.1, -0.05) is 64.6 Å². The first-order valence-corrected chi connectivity index (χ1v) is 12.9. The van der Waals surface area contributed by atoms with E-state index in [2.05, 4.69) is 35.4 Å². The number of halogens is 1. The Morgan fingerprint density at radius 1 is 1.16 bits per heavy atom. The number of likely N-dealkylation sites (N-methyl/N-ethyl adjacent to an activating group) is 1. The molecular formula is C27H46ClN3O. The molecule has 4 nitrogen and oxygen atoms in total. The van der Waals surface area contributed by atoms with Crippen LogP contribution in [-0.2, 0) is 6.42 Å². The van der Waals surface area contributed by atoms with Gasteiger partial charge in [-0.05, 0) is 80.8 Å². The fourth-order valence-electron chi connectivity index (χ4n) is 5.65. The van der Waals surface area contributed by atoms with E-state index in [1.807, 2.05) is 12.1 Å². The van der Waals surface area contributed by atoms with Gasteiger partial charge in [-0.2, -0.15) is 0 Å². The van der Waals surface area contributed by atoms with Crippen molar-refractivity contribution < 1.29 is 4.79 Å². The summed E-state index contributed by atoms with van der Waals surface area (Å²) in [6, 6.07) is 5.94. The number of aryl methyl sites for hydroxylation is 1. The third-order valence-corrected chi connectivity index (χ3v) is 7.91. The second kappa shape index (κ2) is 13.6. The van der Waals surface area contributed by atoms with Crippen LogP contribution < -0.4 is 10.6 Å². The maximum Gasteiger partial charge on any atom is 0.252 e. The summed E-state index contributed by atoms with van der Waals surface area (Å²) >= 11 is 6.40. The molecule has 0 atom stereocenters. The van der Waals surface area contributed by atoms with Crippen molar-refractivity contribution in [2.24, 2.45) is 11.3 Å². The highest BCUT2D eigenvalue weighted by molar-refractivity contribution is 6.33. The van der Waals surface area contributed by atoms with Crippen molar-refractivity contribution in [2.75, 3.05) is 39.3 Å². The van der Waals surface area contributed by atoms with Crippen LogP contribution in [0.2, 0.25) is 5.02 Å². The number of benzene rings is 1. The van der Waals surface area contributed by atoms with E-state index in [1.54, 1.807) is 0 Å². The number of rotatable bonds is 12. The molecule has 2 saturated carbocycles. The largest absolute Gasteiger partial charge is 0.351 e. The topological polar surface area (TPSA) is 44.4 Å². The summed E-state index contributed by atoms with van der Waals surface area (Å²) in [4.78, 5) is 15.4. The third kappa shape index (κ3) is 7.74. The van der Waals surface area contributed by atoms with Gasteiger partial charge in [-0.25, -0.2) is 0 Å². The first-order valence-electron chi connectivity index (χ1n) is 12.5. The summed E-state index contributed by atoms with van der Waals surface area (Å²) in [6.45, 7) is 10.6. The van der Waals surface area contributed by atoms with Gasteiger partial charge >= 0.3 is 0 Å². The number of carbonyl (C=O) groups excluding carboxylic acids is 1. The first kappa shape index (κ1) is 27.1. The lowest BCUT2D eigenvalue weighted by molar-refractivity contribution is 0.0682. The third-order valence-electron chi connectivity index (χ3n) is 7.58. The van der Waals surface area contributed by atoms with Crippen LogP contribution in [0.1, 0.15) is 88.6 Å². The minimum absolute atomic E-state index is 0. The summed E-state index contributed by atoms with van der Waals surface area (Å²) in [6.07, 6.45) is 11.2.